The van der Waals surface area contributed by atoms with E-state index >= 15 is 0 Å². The topological polar surface area (TPSA) is 26.9 Å². The summed E-state index contributed by atoms with van der Waals surface area (Å²) in [5, 5.41) is 1.26. The lowest BCUT2D eigenvalue weighted by Gasteiger charge is -2.05. The second kappa shape index (κ2) is 4.48. The molecule has 1 aromatic carbocycles. The predicted molar refractivity (Wildman–Crippen MR) is 72.5 cm³/mol. The van der Waals surface area contributed by atoms with Crippen LogP contribution in [0.1, 0.15) is 24.4 Å². The number of imidazole rings is 1. The van der Waals surface area contributed by atoms with Gasteiger partial charge < -0.3 is 0 Å². The number of nitrogens with zero attached hydrogens (tertiary/aromatic N) is 2. The van der Waals surface area contributed by atoms with Gasteiger partial charge in [0, 0.05) is 28.5 Å². The van der Waals surface area contributed by atoms with E-state index in [1.165, 1.54) is 0 Å². The zero-order valence-corrected chi connectivity index (χ0v) is 11.2. The molecule has 1 aliphatic carbocycles. The van der Waals surface area contributed by atoms with E-state index in [2.05, 4.69) is 0 Å². The Hall–Kier alpha value is -1.19. The van der Waals surface area contributed by atoms with E-state index in [0.717, 1.165) is 18.4 Å². The summed E-state index contributed by atoms with van der Waals surface area (Å²) in [6.45, 7) is 0.456. The van der Waals surface area contributed by atoms with Crippen molar-refractivity contribution in [2.75, 3.05) is 0 Å². The Morgan fingerprint density at radius 2 is 2.00 bits per heavy atom. The minimum Gasteiger partial charge on any atom is -0.296 e. The predicted octanol–water partition coefficient (Wildman–Crippen LogP) is 3.34. The molecular weight excluding hydrogens is 271 g/mol. The van der Waals surface area contributed by atoms with Crippen LogP contribution in [0.3, 0.4) is 0 Å². The van der Waals surface area contributed by atoms with Gasteiger partial charge >= 0.3 is 5.69 Å². The maximum absolute atomic E-state index is 12.1. The number of hydrogen-bond acceptors (Lipinski definition) is 1. The zero-order valence-electron chi connectivity index (χ0n) is 9.64. The highest BCUT2D eigenvalue weighted by Gasteiger charge is 2.25. The largest absolute Gasteiger partial charge is 0.328 e. The number of halogens is 2. The van der Waals surface area contributed by atoms with Crippen molar-refractivity contribution in [3.8, 4) is 0 Å². The minimum absolute atomic E-state index is 0.0218. The molecule has 1 heterocycles. The first-order chi connectivity index (χ1) is 8.65. The average Bonchev–Trinajstić information content (AvgIpc) is 3.11. The minimum atomic E-state index is 0.0218. The Bertz CT molecular complexity index is 641. The fourth-order valence-corrected chi connectivity index (χ4v) is 2.40. The van der Waals surface area contributed by atoms with Crippen LogP contribution in [0.25, 0.3) is 0 Å². The van der Waals surface area contributed by atoms with Crippen LogP contribution in [0.2, 0.25) is 10.0 Å². The standard InChI is InChI=1S/C13H12Cl2N2O/c14-10-1-4-12(15)9(7-10)8-16-5-6-17(13(16)18)11-2-3-11/h1,4-7,11H,2-3,8H2. The third-order valence-electron chi connectivity index (χ3n) is 3.16. The molecule has 0 saturated heterocycles. The van der Waals surface area contributed by atoms with Gasteiger partial charge in [-0.2, -0.15) is 0 Å². The maximum Gasteiger partial charge on any atom is 0.328 e. The van der Waals surface area contributed by atoms with Crippen molar-refractivity contribution < 1.29 is 0 Å². The van der Waals surface area contributed by atoms with Gasteiger partial charge in [-0.25, -0.2) is 4.79 Å². The van der Waals surface area contributed by atoms with Crippen molar-refractivity contribution in [1.29, 1.82) is 0 Å². The molecule has 2 aromatic rings. The summed E-state index contributed by atoms with van der Waals surface area (Å²) >= 11 is 12.0. The number of hydrogen-bond donors (Lipinski definition) is 0. The molecule has 94 valence electrons. The quantitative estimate of drug-likeness (QED) is 0.848. The summed E-state index contributed by atoms with van der Waals surface area (Å²) in [7, 11) is 0. The van der Waals surface area contributed by atoms with E-state index in [4.69, 9.17) is 23.2 Å². The second-order valence-electron chi connectivity index (χ2n) is 4.58. The first-order valence-corrected chi connectivity index (χ1v) is 6.62. The molecule has 0 unspecified atom stereocenters. The Morgan fingerprint density at radius 3 is 2.72 bits per heavy atom. The van der Waals surface area contributed by atoms with Crippen LogP contribution in [-0.4, -0.2) is 9.13 Å². The molecule has 0 N–H and O–H groups in total. The fraction of sp³-hybridized carbons (Fsp3) is 0.308. The van der Waals surface area contributed by atoms with Crippen molar-refractivity contribution in [2.45, 2.75) is 25.4 Å². The molecule has 0 atom stereocenters. The molecule has 3 nitrogen and oxygen atoms in total. The van der Waals surface area contributed by atoms with Crippen LogP contribution in [-0.2, 0) is 6.54 Å². The average molecular weight is 283 g/mol. The lowest BCUT2D eigenvalue weighted by molar-refractivity contribution is 0.656. The molecule has 0 bridgehead atoms. The highest BCUT2D eigenvalue weighted by molar-refractivity contribution is 6.33. The van der Waals surface area contributed by atoms with Crippen molar-refractivity contribution in [3.05, 3.63) is 56.7 Å². The van der Waals surface area contributed by atoms with Crippen molar-refractivity contribution in [2.24, 2.45) is 0 Å². The zero-order chi connectivity index (χ0) is 12.7. The number of rotatable bonds is 3. The first-order valence-electron chi connectivity index (χ1n) is 5.86. The van der Waals surface area contributed by atoms with Crippen LogP contribution in [0.5, 0.6) is 0 Å². The van der Waals surface area contributed by atoms with Crippen molar-refractivity contribution in [1.82, 2.24) is 9.13 Å². The van der Waals surface area contributed by atoms with Crippen LogP contribution in [0.15, 0.2) is 35.4 Å². The van der Waals surface area contributed by atoms with Gasteiger partial charge in [0.25, 0.3) is 0 Å². The van der Waals surface area contributed by atoms with Crippen molar-refractivity contribution in [3.63, 3.8) is 0 Å². The fourth-order valence-electron chi connectivity index (χ4n) is 2.03. The molecule has 5 heteroatoms. The lowest BCUT2D eigenvalue weighted by Crippen LogP contribution is -2.23. The molecule has 1 aromatic heterocycles. The Kier molecular flexibility index (Phi) is 2.96. The molecular formula is C13H12Cl2N2O. The number of aromatic nitrogens is 2. The van der Waals surface area contributed by atoms with Crippen LogP contribution in [0.4, 0.5) is 0 Å². The van der Waals surface area contributed by atoms with E-state index in [1.807, 2.05) is 6.20 Å². The number of benzene rings is 1. The van der Waals surface area contributed by atoms with E-state index < -0.39 is 0 Å². The Labute approximate surface area is 115 Å². The Balaban J connectivity index is 1.92. The van der Waals surface area contributed by atoms with Gasteiger partial charge in [0.15, 0.2) is 0 Å². The summed E-state index contributed by atoms with van der Waals surface area (Å²) in [5.74, 6) is 0. The molecule has 0 amide bonds. The third kappa shape index (κ3) is 2.20. The summed E-state index contributed by atoms with van der Waals surface area (Å²) in [6, 6.07) is 5.69. The van der Waals surface area contributed by atoms with Gasteiger partial charge in [-0.15, -0.1) is 0 Å². The van der Waals surface area contributed by atoms with Gasteiger partial charge in [-0.05, 0) is 36.6 Å². The van der Waals surface area contributed by atoms with Gasteiger partial charge in [-0.1, -0.05) is 23.2 Å². The maximum atomic E-state index is 12.1. The molecule has 3 rings (SSSR count). The van der Waals surface area contributed by atoms with Gasteiger partial charge in [0.2, 0.25) is 0 Å². The van der Waals surface area contributed by atoms with E-state index in [0.29, 0.717) is 22.6 Å². The van der Waals surface area contributed by atoms with Crippen LogP contribution < -0.4 is 5.69 Å². The summed E-state index contributed by atoms with van der Waals surface area (Å²) < 4.78 is 3.45. The smallest absolute Gasteiger partial charge is 0.296 e. The first kappa shape index (κ1) is 11.9. The summed E-state index contributed by atoms with van der Waals surface area (Å²) in [4.78, 5) is 12.1. The van der Waals surface area contributed by atoms with Crippen molar-refractivity contribution >= 4 is 23.2 Å². The summed E-state index contributed by atoms with van der Waals surface area (Å²) in [6.07, 6.45) is 5.85. The van der Waals surface area contributed by atoms with E-state index in [-0.39, 0.29) is 5.69 Å². The molecule has 0 aliphatic heterocycles. The van der Waals surface area contributed by atoms with Crippen LogP contribution in [0, 0.1) is 0 Å². The molecule has 1 fully saturated rings. The highest BCUT2D eigenvalue weighted by Crippen LogP contribution is 2.33. The summed E-state index contributed by atoms with van der Waals surface area (Å²) in [5.41, 5.74) is 0.883. The van der Waals surface area contributed by atoms with E-state index in [1.54, 1.807) is 33.5 Å². The molecule has 0 spiro atoms. The molecule has 18 heavy (non-hydrogen) atoms. The third-order valence-corrected chi connectivity index (χ3v) is 3.77. The van der Waals surface area contributed by atoms with Gasteiger partial charge in [0.05, 0.1) is 6.54 Å². The molecule has 1 aliphatic rings. The SMILES string of the molecule is O=c1n(Cc2cc(Cl)ccc2Cl)ccn1C1CC1. The van der Waals surface area contributed by atoms with Gasteiger partial charge in [-0.3, -0.25) is 9.13 Å². The molecule has 0 radical (unpaired) electrons. The normalized spacial score (nSPS) is 15.0. The monoisotopic (exact) mass is 282 g/mol. The van der Waals surface area contributed by atoms with E-state index in [9.17, 15) is 4.79 Å². The molecule has 1 saturated carbocycles. The highest BCUT2D eigenvalue weighted by atomic mass is 35.5. The Morgan fingerprint density at radius 1 is 1.22 bits per heavy atom. The second-order valence-corrected chi connectivity index (χ2v) is 5.43. The van der Waals surface area contributed by atoms with Gasteiger partial charge in [0.1, 0.15) is 0 Å². The van der Waals surface area contributed by atoms with Crippen LogP contribution >= 0.6 is 23.2 Å². The lowest BCUT2D eigenvalue weighted by atomic mass is 10.2.